The molecule has 1 aliphatic heterocycles. The van der Waals surface area contributed by atoms with Gasteiger partial charge in [-0.2, -0.15) is 0 Å². The summed E-state index contributed by atoms with van der Waals surface area (Å²) < 4.78 is 13.2. The predicted octanol–water partition coefficient (Wildman–Crippen LogP) is 4.77. The molecule has 3 rings (SSSR count). The van der Waals surface area contributed by atoms with E-state index in [2.05, 4.69) is 4.98 Å². The van der Waals surface area contributed by atoms with E-state index in [0.29, 0.717) is 48.5 Å². The molecule has 1 aromatic heterocycles. The lowest BCUT2D eigenvalue weighted by Crippen LogP contribution is -2.33. The Labute approximate surface area is 195 Å². The molecule has 2 heterocycles. The first-order valence-electron chi connectivity index (χ1n) is 11.2. The monoisotopic (exact) mass is 460 g/mol. The molecule has 1 fully saturated rings. The van der Waals surface area contributed by atoms with Crippen molar-refractivity contribution in [3.05, 3.63) is 58.0 Å². The predicted molar refractivity (Wildman–Crippen MR) is 127 cm³/mol. The highest BCUT2D eigenvalue weighted by Gasteiger charge is 2.25. The minimum atomic E-state index is -0.126. The normalized spacial score (nSPS) is 16.9. The molecular formula is C24H33ClN4O3. The highest BCUT2D eigenvalue weighted by atomic mass is 35.5. The van der Waals surface area contributed by atoms with Gasteiger partial charge in [0.1, 0.15) is 5.69 Å². The number of nitrogens with two attached hydrogens (primary N) is 1. The van der Waals surface area contributed by atoms with Crippen molar-refractivity contribution in [1.29, 1.82) is 0 Å². The Morgan fingerprint density at radius 1 is 1.38 bits per heavy atom. The average Bonchev–Trinajstić information content (AvgIpc) is 3.07. The molecule has 1 aromatic carbocycles. The molecule has 1 saturated heterocycles. The van der Waals surface area contributed by atoms with Crippen molar-refractivity contribution in [1.82, 2.24) is 14.5 Å². The highest BCUT2D eigenvalue weighted by Crippen LogP contribution is 2.21. The van der Waals surface area contributed by atoms with Gasteiger partial charge in [0.15, 0.2) is 6.29 Å². The van der Waals surface area contributed by atoms with E-state index in [1.165, 1.54) is 0 Å². The van der Waals surface area contributed by atoms with Crippen LogP contribution in [0.25, 0.3) is 0 Å². The third kappa shape index (κ3) is 6.12. The molecule has 2 N–H and O–H groups in total. The minimum absolute atomic E-state index is 0.120. The maximum Gasteiger partial charge on any atom is 0.276 e. The molecule has 0 spiro atoms. The van der Waals surface area contributed by atoms with Crippen LogP contribution in [0.5, 0.6) is 0 Å². The van der Waals surface area contributed by atoms with E-state index in [4.69, 9.17) is 26.8 Å². The first kappa shape index (κ1) is 24.3. The Kier molecular flexibility index (Phi) is 8.73. The van der Waals surface area contributed by atoms with E-state index in [1.54, 1.807) is 9.47 Å². The minimum Gasteiger partial charge on any atom is -0.369 e. The summed E-state index contributed by atoms with van der Waals surface area (Å²) in [6.45, 7) is 7.94. The smallest absolute Gasteiger partial charge is 0.276 e. The first-order chi connectivity index (χ1) is 15.4. The molecule has 32 heavy (non-hydrogen) atoms. The molecule has 8 heteroatoms. The number of hydrogen-bond acceptors (Lipinski definition) is 5. The van der Waals surface area contributed by atoms with Crippen molar-refractivity contribution in [3.8, 4) is 0 Å². The molecule has 1 aliphatic rings. The number of aryl methyl sites for hydroxylation is 1. The zero-order chi connectivity index (χ0) is 23.1. The topological polar surface area (TPSA) is 82.6 Å². The number of imidazole rings is 1. The summed E-state index contributed by atoms with van der Waals surface area (Å²) in [7, 11) is 0. The van der Waals surface area contributed by atoms with E-state index in [9.17, 15) is 4.79 Å². The number of rotatable bonds is 9. The summed E-state index contributed by atoms with van der Waals surface area (Å²) in [6.07, 6.45) is 5.66. The van der Waals surface area contributed by atoms with Gasteiger partial charge >= 0.3 is 0 Å². The summed E-state index contributed by atoms with van der Waals surface area (Å²) in [5, 5.41) is 0.663. The summed E-state index contributed by atoms with van der Waals surface area (Å²) >= 11 is 6.01. The second-order valence-corrected chi connectivity index (χ2v) is 8.46. The summed E-state index contributed by atoms with van der Waals surface area (Å²) in [6, 6.07) is 7.49. The number of benzene rings is 1. The molecule has 1 unspecified atom stereocenters. The van der Waals surface area contributed by atoms with Crippen LogP contribution >= 0.6 is 11.6 Å². The molecule has 7 nitrogen and oxygen atoms in total. The zero-order valence-electron chi connectivity index (χ0n) is 19.1. The highest BCUT2D eigenvalue weighted by molar-refractivity contribution is 6.30. The van der Waals surface area contributed by atoms with E-state index < -0.39 is 0 Å². The van der Waals surface area contributed by atoms with E-state index in [1.807, 2.05) is 51.1 Å². The maximum atomic E-state index is 13.6. The Bertz CT molecular complexity index is 933. The number of ether oxygens (including phenoxy) is 2. The second-order valence-electron chi connectivity index (χ2n) is 8.02. The third-order valence-electron chi connectivity index (χ3n) is 5.68. The van der Waals surface area contributed by atoms with Gasteiger partial charge in [-0.15, -0.1) is 0 Å². The van der Waals surface area contributed by atoms with Crippen LogP contribution in [0.3, 0.4) is 0 Å². The van der Waals surface area contributed by atoms with E-state index >= 15 is 0 Å². The molecule has 0 saturated carbocycles. The van der Waals surface area contributed by atoms with Gasteiger partial charge in [-0.1, -0.05) is 29.8 Å². The zero-order valence-corrected chi connectivity index (χ0v) is 19.9. The van der Waals surface area contributed by atoms with Gasteiger partial charge in [-0.3, -0.25) is 4.79 Å². The molecule has 0 radical (unpaired) electrons. The number of halogens is 1. The van der Waals surface area contributed by atoms with Gasteiger partial charge in [0, 0.05) is 23.9 Å². The van der Waals surface area contributed by atoms with E-state index in [-0.39, 0.29) is 12.2 Å². The number of carbonyl (C=O) groups excluding carboxylic acids is 1. The van der Waals surface area contributed by atoms with Crippen LogP contribution in [-0.4, -0.2) is 46.4 Å². The van der Waals surface area contributed by atoms with Crippen LogP contribution in [0.1, 0.15) is 61.3 Å². The molecule has 174 valence electrons. The lowest BCUT2D eigenvalue weighted by atomic mass is 10.2. The summed E-state index contributed by atoms with van der Waals surface area (Å²) in [5.74, 6) is 0.196. The second kappa shape index (κ2) is 11.5. The van der Waals surface area contributed by atoms with Crippen LogP contribution in [-0.2, 0) is 16.0 Å². The lowest BCUT2D eigenvalue weighted by Gasteiger charge is -2.26. The van der Waals surface area contributed by atoms with Crippen molar-refractivity contribution in [3.63, 3.8) is 0 Å². The number of hydrogen-bond donors (Lipinski definition) is 1. The Hall–Kier alpha value is -2.35. The van der Waals surface area contributed by atoms with Gasteiger partial charge in [0.2, 0.25) is 5.95 Å². The van der Waals surface area contributed by atoms with Crippen LogP contribution in [0.15, 0.2) is 36.0 Å². The van der Waals surface area contributed by atoms with Gasteiger partial charge < -0.3 is 24.7 Å². The maximum absolute atomic E-state index is 13.6. The fourth-order valence-electron chi connectivity index (χ4n) is 3.80. The number of amides is 1. The molecule has 2 aromatic rings. The molecule has 1 amide bonds. The standard InChI is InChI=1S/C24H33ClN4O3/c1-4-17(2)28(13-7-15-32-21-8-5-6-14-31-21)23(30)22-18(3)27-24(26)29(22)16-19-9-11-20(25)12-10-19/h4,9-12,21H,5-8,13-16H2,1-3H3,(H2,26,27). The van der Waals surface area contributed by atoms with Crippen molar-refractivity contribution in [2.24, 2.45) is 0 Å². The Morgan fingerprint density at radius 2 is 2.12 bits per heavy atom. The van der Waals surface area contributed by atoms with Crippen molar-refractivity contribution in [2.45, 2.75) is 59.3 Å². The molecule has 1 atom stereocenters. The van der Waals surface area contributed by atoms with Crippen LogP contribution < -0.4 is 5.73 Å². The van der Waals surface area contributed by atoms with Crippen LogP contribution in [0.2, 0.25) is 5.02 Å². The molecule has 0 bridgehead atoms. The Balaban J connectivity index is 1.73. The van der Waals surface area contributed by atoms with Gasteiger partial charge in [0.25, 0.3) is 5.91 Å². The average molecular weight is 461 g/mol. The fraction of sp³-hybridized carbons (Fsp3) is 0.500. The van der Waals surface area contributed by atoms with Crippen LogP contribution in [0.4, 0.5) is 5.95 Å². The van der Waals surface area contributed by atoms with E-state index in [0.717, 1.165) is 37.1 Å². The van der Waals surface area contributed by atoms with Crippen molar-refractivity contribution < 1.29 is 14.3 Å². The third-order valence-corrected chi connectivity index (χ3v) is 5.94. The quantitative estimate of drug-likeness (QED) is 0.545. The first-order valence-corrected chi connectivity index (χ1v) is 11.5. The van der Waals surface area contributed by atoms with Gasteiger partial charge in [0.05, 0.1) is 18.8 Å². The summed E-state index contributed by atoms with van der Waals surface area (Å²) in [5.41, 5.74) is 9.15. The lowest BCUT2D eigenvalue weighted by molar-refractivity contribution is -0.162. The van der Waals surface area contributed by atoms with Gasteiger partial charge in [-0.25, -0.2) is 4.98 Å². The van der Waals surface area contributed by atoms with Crippen LogP contribution in [0, 0.1) is 6.92 Å². The SMILES string of the molecule is CC=C(C)N(CCCOC1CCCCO1)C(=O)c1c(C)nc(N)n1Cc1ccc(Cl)cc1. The van der Waals surface area contributed by atoms with Gasteiger partial charge in [-0.05, 0) is 64.2 Å². The number of allylic oxidation sites excluding steroid dienone is 2. The summed E-state index contributed by atoms with van der Waals surface area (Å²) in [4.78, 5) is 19.8. The molecular weight excluding hydrogens is 428 g/mol. The number of aromatic nitrogens is 2. The molecule has 0 aliphatic carbocycles. The van der Waals surface area contributed by atoms with Crippen molar-refractivity contribution >= 4 is 23.5 Å². The van der Waals surface area contributed by atoms with Crippen molar-refractivity contribution in [2.75, 3.05) is 25.5 Å². The Morgan fingerprint density at radius 3 is 2.78 bits per heavy atom. The number of anilines is 1. The number of nitrogens with zero attached hydrogens (tertiary/aromatic N) is 3. The number of carbonyl (C=O) groups is 1. The number of nitrogen functional groups attached to an aromatic ring is 1. The fourth-order valence-corrected chi connectivity index (χ4v) is 3.93. The largest absolute Gasteiger partial charge is 0.369 e.